The van der Waals surface area contributed by atoms with E-state index in [1.165, 1.54) is 18.4 Å². The molecule has 6 heteroatoms. The zero-order valence-electron chi connectivity index (χ0n) is 17.6. The van der Waals surface area contributed by atoms with Crippen molar-refractivity contribution in [2.45, 2.75) is 26.2 Å². The van der Waals surface area contributed by atoms with E-state index in [9.17, 15) is 9.18 Å². The molecule has 0 spiro atoms. The van der Waals surface area contributed by atoms with Gasteiger partial charge in [-0.1, -0.05) is 72.8 Å². The molecule has 1 heterocycles. The molecule has 4 rings (SSSR count). The number of rotatable bonds is 9. The van der Waals surface area contributed by atoms with Crippen molar-refractivity contribution in [3.05, 3.63) is 125 Å². The summed E-state index contributed by atoms with van der Waals surface area (Å²) in [7, 11) is 0. The van der Waals surface area contributed by atoms with E-state index >= 15 is 0 Å². The van der Waals surface area contributed by atoms with E-state index in [0.717, 1.165) is 16.7 Å². The molecule has 0 saturated heterocycles. The average molecular weight is 429 g/mol. The number of carbonyl (C=O) groups excluding carboxylic acids is 1. The molecule has 0 atom stereocenters. The van der Waals surface area contributed by atoms with E-state index < -0.39 is 0 Å². The van der Waals surface area contributed by atoms with Gasteiger partial charge in [0.1, 0.15) is 12.1 Å². The Morgan fingerprint density at radius 1 is 0.844 bits per heavy atom. The molecular weight excluding hydrogens is 405 g/mol. The van der Waals surface area contributed by atoms with Crippen molar-refractivity contribution in [3.63, 3.8) is 0 Å². The largest absolute Gasteiger partial charge is 0.447 e. The van der Waals surface area contributed by atoms with Crippen molar-refractivity contribution in [2.75, 3.05) is 0 Å². The highest BCUT2D eigenvalue weighted by Crippen LogP contribution is 2.15. The molecule has 0 radical (unpaired) electrons. The minimum absolute atomic E-state index is 0.237. The molecule has 1 N–H and O–H groups in total. The third-order valence-electron chi connectivity index (χ3n) is 4.98. The Balaban J connectivity index is 1.43. The maximum atomic E-state index is 13.7. The molecule has 0 saturated carbocycles. The fourth-order valence-corrected chi connectivity index (χ4v) is 3.45. The first kappa shape index (κ1) is 21.5. The monoisotopic (exact) mass is 429 g/mol. The lowest BCUT2D eigenvalue weighted by atomic mass is 10.1. The van der Waals surface area contributed by atoms with Crippen molar-refractivity contribution < 1.29 is 13.6 Å². The van der Waals surface area contributed by atoms with Gasteiger partial charge in [-0.15, -0.1) is 0 Å². The molecule has 0 aliphatic heterocycles. The summed E-state index contributed by atoms with van der Waals surface area (Å²) >= 11 is 0. The van der Waals surface area contributed by atoms with E-state index in [-0.39, 0.29) is 17.4 Å². The molecule has 5 nitrogen and oxygen atoms in total. The van der Waals surface area contributed by atoms with Crippen LogP contribution < -0.4 is 5.32 Å². The van der Waals surface area contributed by atoms with Gasteiger partial charge in [0.05, 0.1) is 6.54 Å². The van der Waals surface area contributed by atoms with Gasteiger partial charge in [0, 0.05) is 19.6 Å². The normalized spacial score (nSPS) is 10.9. The number of carbonyl (C=O) groups is 1. The Hall–Kier alpha value is -3.77. The second-order valence-electron chi connectivity index (χ2n) is 7.56. The molecule has 0 bridgehead atoms. The SMILES string of the molecule is O=C(NCc1ccccc1)c1coc(CN(Cc2ccccc2)Cc2cccc(F)c2)n1. The van der Waals surface area contributed by atoms with Crippen LogP contribution in [0.25, 0.3) is 0 Å². The molecule has 4 aromatic rings. The Kier molecular flexibility index (Phi) is 7.05. The maximum Gasteiger partial charge on any atom is 0.273 e. The fraction of sp³-hybridized carbons (Fsp3) is 0.154. The summed E-state index contributed by atoms with van der Waals surface area (Å²) in [5.74, 6) is -0.124. The number of aromatic nitrogens is 1. The molecular formula is C26H24FN3O2. The lowest BCUT2D eigenvalue weighted by Gasteiger charge is -2.21. The Morgan fingerprint density at radius 2 is 1.50 bits per heavy atom. The first-order valence-electron chi connectivity index (χ1n) is 10.4. The zero-order chi connectivity index (χ0) is 22.2. The molecule has 1 amide bonds. The fourth-order valence-electron chi connectivity index (χ4n) is 3.45. The molecule has 0 aliphatic carbocycles. The Labute approximate surface area is 186 Å². The summed E-state index contributed by atoms with van der Waals surface area (Å²) in [4.78, 5) is 18.9. The van der Waals surface area contributed by atoms with Crippen molar-refractivity contribution in [1.82, 2.24) is 15.2 Å². The predicted molar refractivity (Wildman–Crippen MR) is 120 cm³/mol. The van der Waals surface area contributed by atoms with Gasteiger partial charge in [-0.05, 0) is 28.8 Å². The van der Waals surface area contributed by atoms with Crippen LogP contribution in [0.2, 0.25) is 0 Å². The van der Waals surface area contributed by atoms with Crippen LogP contribution in [-0.2, 0) is 26.2 Å². The van der Waals surface area contributed by atoms with Gasteiger partial charge in [0.15, 0.2) is 5.69 Å². The first-order chi connectivity index (χ1) is 15.7. The smallest absolute Gasteiger partial charge is 0.273 e. The van der Waals surface area contributed by atoms with Crippen molar-refractivity contribution >= 4 is 5.91 Å². The van der Waals surface area contributed by atoms with Crippen LogP contribution in [0.3, 0.4) is 0 Å². The number of halogens is 1. The van der Waals surface area contributed by atoms with Crippen LogP contribution in [0.1, 0.15) is 33.1 Å². The number of nitrogens with one attached hydrogen (secondary N) is 1. The second-order valence-corrected chi connectivity index (χ2v) is 7.56. The number of amides is 1. The minimum atomic E-state index is -0.288. The standard InChI is InChI=1S/C26H24FN3O2/c27-23-13-7-12-22(14-23)17-30(16-21-10-5-2-6-11-21)18-25-29-24(19-32-25)26(31)28-15-20-8-3-1-4-9-20/h1-14,19H,15-18H2,(H,28,31). The number of oxazole rings is 1. The van der Waals surface area contributed by atoms with Gasteiger partial charge in [-0.2, -0.15) is 0 Å². The minimum Gasteiger partial charge on any atom is -0.447 e. The van der Waals surface area contributed by atoms with Gasteiger partial charge in [-0.3, -0.25) is 9.69 Å². The molecule has 32 heavy (non-hydrogen) atoms. The lowest BCUT2D eigenvalue weighted by Crippen LogP contribution is -2.24. The highest BCUT2D eigenvalue weighted by Gasteiger charge is 2.16. The van der Waals surface area contributed by atoms with Crippen LogP contribution in [-0.4, -0.2) is 15.8 Å². The van der Waals surface area contributed by atoms with Gasteiger partial charge in [0.2, 0.25) is 5.89 Å². The Bertz CT molecular complexity index is 1150. The van der Waals surface area contributed by atoms with Crippen molar-refractivity contribution in [2.24, 2.45) is 0 Å². The summed E-state index contributed by atoms with van der Waals surface area (Å²) < 4.78 is 19.2. The summed E-state index contributed by atoms with van der Waals surface area (Å²) in [6.45, 7) is 1.96. The zero-order valence-corrected chi connectivity index (χ0v) is 17.6. The van der Waals surface area contributed by atoms with E-state index in [2.05, 4.69) is 15.2 Å². The Morgan fingerprint density at radius 3 is 2.22 bits per heavy atom. The number of benzene rings is 3. The van der Waals surface area contributed by atoms with E-state index in [1.807, 2.05) is 66.7 Å². The van der Waals surface area contributed by atoms with Gasteiger partial charge in [0.25, 0.3) is 5.91 Å². The van der Waals surface area contributed by atoms with E-state index in [1.54, 1.807) is 6.07 Å². The van der Waals surface area contributed by atoms with Crippen LogP contribution in [0.15, 0.2) is 95.6 Å². The van der Waals surface area contributed by atoms with Gasteiger partial charge < -0.3 is 9.73 Å². The maximum absolute atomic E-state index is 13.7. The average Bonchev–Trinajstić information content (AvgIpc) is 3.27. The number of hydrogen-bond acceptors (Lipinski definition) is 4. The molecule has 0 unspecified atom stereocenters. The quantitative estimate of drug-likeness (QED) is 0.409. The molecule has 3 aromatic carbocycles. The summed E-state index contributed by atoms with van der Waals surface area (Å²) in [5.41, 5.74) is 3.22. The second kappa shape index (κ2) is 10.5. The molecule has 1 aromatic heterocycles. The molecule has 0 aliphatic rings. The van der Waals surface area contributed by atoms with Gasteiger partial charge in [-0.25, -0.2) is 9.37 Å². The van der Waals surface area contributed by atoms with Gasteiger partial charge >= 0.3 is 0 Å². The summed E-state index contributed by atoms with van der Waals surface area (Å²) in [5, 5.41) is 2.85. The lowest BCUT2D eigenvalue weighted by molar-refractivity contribution is 0.0945. The number of hydrogen-bond donors (Lipinski definition) is 1. The van der Waals surface area contributed by atoms with Crippen LogP contribution in [0.4, 0.5) is 4.39 Å². The first-order valence-corrected chi connectivity index (χ1v) is 10.4. The topological polar surface area (TPSA) is 58.4 Å². The molecule has 162 valence electrons. The van der Waals surface area contributed by atoms with Crippen LogP contribution in [0, 0.1) is 5.82 Å². The molecule has 0 fully saturated rings. The van der Waals surface area contributed by atoms with Crippen LogP contribution >= 0.6 is 0 Å². The predicted octanol–water partition coefficient (Wildman–Crippen LogP) is 4.95. The third-order valence-corrected chi connectivity index (χ3v) is 4.98. The number of nitrogens with zero attached hydrogens (tertiary/aromatic N) is 2. The van der Waals surface area contributed by atoms with Crippen LogP contribution in [0.5, 0.6) is 0 Å². The highest BCUT2D eigenvalue weighted by molar-refractivity contribution is 5.91. The third kappa shape index (κ3) is 6.12. The summed E-state index contributed by atoms with van der Waals surface area (Å²) in [6.07, 6.45) is 1.37. The van der Waals surface area contributed by atoms with E-state index in [0.29, 0.717) is 32.1 Å². The summed E-state index contributed by atoms with van der Waals surface area (Å²) in [6, 6.07) is 26.2. The van der Waals surface area contributed by atoms with Crippen molar-refractivity contribution in [1.29, 1.82) is 0 Å². The highest BCUT2D eigenvalue weighted by atomic mass is 19.1. The van der Waals surface area contributed by atoms with Crippen molar-refractivity contribution in [3.8, 4) is 0 Å². The van der Waals surface area contributed by atoms with E-state index in [4.69, 9.17) is 4.42 Å².